The van der Waals surface area contributed by atoms with Gasteiger partial charge in [-0.3, -0.25) is 4.90 Å². The molecule has 2 nitrogen and oxygen atoms in total. The normalized spacial score (nSPS) is 15.2. The Morgan fingerprint density at radius 1 is 1.11 bits per heavy atom. The third-order valence-corrected chi connectivity index (χ3v) is 2.98. The Balaban J connectivity index is 4.52. The highest BCUT2D eigenvalue weighted by Gasteiger charge is 2.33. The number of halogens is 3. The molecule has 0 amide bonds. The fourth-order valence-corrected chi connectivity index (χ4v) is 1.78. The maximum absolute atomic E-state index is 12.4. The van der Waals surface area contributed by atoms with E-state index >= 15 is 0 Å². The lowest BCUT2D eigenvalue weighted by atomic mass is 9.86. The van der Waals surface area contributed by atoms with E-state index in [0.29, 0.717) is 13.1 Å². The number of nitrogens with one attached hydrogen (secondary N) is 1. The topological polar surface area (TPSA) is 15.3 Å². The van der Waals surface area contributed by atoms with Crippen molar-refractivity contribution in [3.63, 3.8) is 0 Å². The summed E-state index contributed by atoms with van der Waals surface area (Å²) in [6.45, 7) is 10.9. The zero-order chi connectivity index (χ0) is 14.4. The van der Waals surface area contributed by atoms with Gasteiger partial charge in [-0.2, -0.15) is 13.2 Å². The molecule has 110 valence electrons. The summed E-state index contributed by atoms with van der Waals surface area (Å²) in [7, 11) is 0. The first kappa shape index (κ1) is 17.7. The molecule has 1 atom stereocenters. The molecule has 0 saturated heterocycles. The average Bonchev–Trinajstić information content (AvgIpc) is 2.18. The molecule has 18 heavy (non-hydrogen) atoms. The van der Waals surface area contributed by atoms with Crippen LogP contribution < -0.4 is 5.32 Å². The van der Waals surface area contributed by atoms with Gasteiger partial charge in [0.1, 0.15) is 0 Å². The Kier molecular flexibility index (Phi) is 7.22. The van der Waals surface area contributed by atoms with Crippen molar-refractivity contribution in [2.45, 2.75) is 53.3 Å². The Labute approximate surface area is 109 Å². The van der Waals surface area contributed by atoms with Gasteiger partial charge in [-0.05, 0) is 24.9 Å². The lowest BCUT2D eigenvalue weighted by Gasteiger charge is -2.36. The van der Waals surface area contributed by atoms with Gasteiger partial charge in [0, 0.05) is 12.6 Å². The van der Waals surface area contributed by atoms with Gasteiger partial charge in [-0.15, -0.1) is 0 Å². The quantitative estimate of drug-likeness (QED) is 0.762. The second-order valence-electron chi connectivity index (χ2n) is 5.82. The van der Waals surface area contributed by atoms with Crippen LogP contribution in [-0.2, 0) is 0 Å². The van der Waals surface area contributed by atoms with Crippen LogP contribution in [0.4, 0.5) is 13.2 Å². The molecule has 0 radical (unpaired) electrons. The Hall–Kier alpha value is -0.290. The van der Waals surface area contributed by atoms with E-state index < -0.39 is 12.7 Å². The third-order valence-electron chi connectivity index (χ3n) is 2.98. The molecule has 0 aromatic heterocycles. The van der Waals surface area contributed by atoms with Crippen LogP contribution in [0.25, 0.3) is 0 Å². The van der Waals surface area contributed by atoms with Crippen molar-refractivity contribution in [1.29, 1.82) is 0 Å². The monoisotopic (exact) mass is 268 g/mol. The number of hydrogen-bond donors (Lipinski definition) is 1. The summed E-state index contributed by atoms with van der Waals surface area (Å²) in [4.78, 5) is 1.46. The number of hydrogen-bond acceptors (Lipinski definition) is 2. The third kappa shape index (κ3) is 7.93. The summed E-state index contributed by atoms with van der Waals surface area (Å²) in [6.07, 6.45) is -3.14. The number of alkyl halides is 3. The van der Waals surface area contributed by atoms with Gasteiger partial charge in [-0.1, -0.05) is 34.6 Å². The van der Waals surface area contributed by atoms with Crippen molar-refractivity contribution < 1.29 is 13.2 Å². The van der Waals surface area contributed by atoms with E-state index in [1.54, 1.807) is 6.92 Å². The van der Waals surface area contributed by atoms with Crippen LogP contribution in [0.5, 0.6) is 0 Å². The fourth-order valence-electron chi connectivity index (χ4n) is 1.78. The first-order valence-electron chi connectivity index (χ1n) is 6.62. The van der Waals surface area contributed by atoms with Crippen molar-refractivity contribution in [1.82, 2.24) is 10.2 Å². The molecule has 0 saturated carbocycles. The van der Waals surface area contributed by atoms with Crippen LogP contribution in [0, 0.1) is 5.41 Å². The summed E-state index contributed by atoms with van der Waals surface area (Å²) < 4.78 is 37.3. The second-order valence-corrected chi connectivity index (χ2v) is 5.82. The van der Waals surface area contributed by atoms with E-state index in [1.807, 2.05) is 0 Å². The van der Waals surface area contributed by atoms with Gasteiger partial charge >= 0.3 is 6.18 Å². The Morgan fingerprint density at radius 3 is 2.00 bits per heavy atom. The first-order valence-corrected chi connectivity index (χ1v) is 6.62. The average molecular weight is 268 g/mol. The molecular formula is C13H27F3N2. The molecule has 0 rings (SSSR count). The van der Waals surface area contributed by atoms with Gasteiger partial charge < -0.3 is 5.32 Å². The lowest BCUT2D eigenvalue weighted by molar-refractivity contribution is -0.146. The van der Waals surface area contributed by atoms with Crippen molar-refractivity contribution in [3.8, 4) is 0 Å². The molecular weight excluding hydrogens is 241 g/mol. The van der Waals surface area contributed by atoms with Crippen molar-refractivity contribution in [2.24, 2.45) is 5.41 Å². The minimum absolute atomic E-state index is 0.0474. The summed E-state index contributed by atoms with van der Waals surface area (Å²) in [6, 6.07) is 0.0692. The van der Waals surface area contributed by atoms with E-state index in [4.69, 9.17) is 0 Å². The predicted octanol–water partition coefficient (Wildman–Crippen LogP) is 3.28. The van der Waals surface area contributed by atoms with Gasteiger partial charge in [0.2, 0.25) is 0 Å². The van der Waals surface area contributed by atoms with Crippen LogP contribution in [0.1, 0.15) is 41.0 Å². The van der Waals surface area contributed by atoms with E-state index in [9.17, 15) is 13.2 Å². The van der Waals surface area contributed by atoms with Gasteiger partial charge in [0.05, 0.1) is 6.54 Å². The highest BCUT2D eigenvalue weighted by Crippen LogP contribution is 2.22. The zero-order valence-electron chi connectivity index (χ0n) is 12.2. The molecule has 0 aliphatic rings. The highest BCUT2D eigenvalue weighted by molar-refractivity contribution is 4.83. The SMILES string of the molecule is CCCNC(CN(CC)CC(F)(F)F)C(C)(C)C. The van der Waals surface area contributed by atoms with Crippen LogP contribution in [0.3, 0.4) is 0 Å². The smallest absolute Gasteiger partial charge is 0.312 e. The van der Waals surface area contributed by atoms with E-state index in [-0.39, 0.29) is 11.5 Å². The molecule has 0 fully saturated rings. The van der Waals surface area contributed by atoms with Crippen molar-refractivity contribution in [2.75, 3.05) is 26.2 Å². The van der Waals surface area contributed by atoms with Crippen LogP contribution >= 0.6 is 0 Å². The minimum atomic E-state index is -4.12. The Bertz CT molecular complexity index is 221. The molecule has 0 aromatic carbocycles. The van der Waals surface area contributed by atoms with Crippen LogP contribution in [0.2, 0.25) is 0 Å². The Morgan fingerprint density at radius 2 is 1.67 bits per heavy atom. The number of likely N-dealkylation sites (N-methyl/N-ethyl adjacent to an activating group) is 1. The standard InChI is InChI=1S/C13H27F3N2/c1-6-8-17-11(12(3,4)5)9-18(7-2)10-13(14,15)16/h11,17H,6-10H2,1-5H3. The summed E-state index contributed by atoms with van der Waals surface area (Å²) in [5.41, 5.74) is -0.0474. The first-order chi connectivity index (χ1) is 8.10. The highest BCUT2D eigenvalue weighted by atomic mass is 19.4. The molecule has 5 heteroatoms. The fraction of sp³-hybridized carbons (Fsp3) is 1.00. The zero-order valence-corrected chi connectivity index (χ0v) is 12.2. The molecule has 0 aromatic rings. The maximum atomic E-state index is 12.4. The minimum Gasteiger partial charge on any atom is -0.312 e. The van der Waals surface area contributed by atoms with Crippen molar-refractivity contribution >= 4 is 0 Å². The summed E-state index contributed by atoms with van der Waals surface area (Å²) >= 11 is 0. The molecule has 0 aliphatic carbocycles. The molecule has 0 spiro atoms. The molecule has 0 aliphatic heterocycles. The van der Waals surface area contributed by atoms with Crippen molar-refractivity contribution in [3.05, 3.63) is 0 Å². The molecule has 1 unspecified atom stereocenters. The molecule has 1 N–H and O–H groups in total. The van der Waals surface area contributed by atoms with E-state index in [2.05, 4.69) is 33.0 Å². The summed E-state index contributed by atoms with van der Waals surface area (Å²) in [5.74, 6) is 0. The largest absolute Gasteiger partial charge is 0.401 e. The molecule has 0 bridgehead atoms. The maximum Gasteiger partial charge on any atom is 0.401 e. The predicted molar refractivity (Wildman–Crippen MR) is 69.7 cm³/mol. The van der Waals surface area contributed by atoms with E-state index in [0.717, 1.165) is 13.0 Å². The van der Waals surface area contributed by atoms with E-state index in [1.165, 1.54) is 4.90 Å². The van der Waals surface area contributed by atoms with Gasteiger partial charge in [0.25, 0.3) is 0 Å². The van der Waals surface area contributed by atoms with Gasteiger partial charge in [0.15, 0.2) is 0 Å². The van der Waals surface area contributed by atoms with Crippen LogP contribution in [0.15, 0.2) is 0 Å². The molecule has 0 heterocycles. The van der Waals surface area contributed by atoms with Crippen LogP contribution in [-0.4, -0.2) is 43.3 Å². The number of nitrogens with zero attached hydrogens (tertiary/aromatic N) is 1. The second kappa shape index (κ2) is 7.34. The van der Waals surface area contributed by atoms with Gasteiger partial charge in [-0.25, -0.2) is 0 Å². The summed E-state index contributed by atoms with van der Waals surface area (Å²) in [5, 5.41) is 3.35. The number of rotatable bonds is 7. The lowest BCUT2D eigenvalue weighted by Crippen LogP contribution is -2.50.